The third-order valence-corrected chi connectivity index (χ3v) is 9.70. The highest BCUT2D eigenvalue weighted by molar-refractivity contribution is 7.89. The van der Waals surface area contributed by atoms with E-state index in [1.807, 2.05) is 13.0 Å². The predicted molar refractivity (Wildman–Crippen MR) is 148 cm³/mol. The lowest BCUT2D eigenvalue weighted by atomic mass is 9.72. The van der Waals surface area contributed by atoms with Crippen LogP contribution in [0.3, 0.4) is 0 Å². The van der Waals surface area contributed by atoms with E-state index < -0.39 is 33.8 Å². The highest BCUT2D eigenvalue weighted by atomic mass is 32.2. The molecular formula is C29H40N4O4S. The van der Waals surface area contributed by atoms with Gasteiger partial charge < -0.3 is 16.4 Å². The number of carbonyl (C=O) groups is 2. The molecule has 2 aromatic carbocycles. The summed E-state index contributed by atoms with van der Waals surface area (Å²) in [7, 11) is -4.03. The molecule has 4 N–H and O–H groups in total. The number of nitrogens with one attached hydrogen (secondary N) is 2. The number of fused-ring (bicyclic) bond motifs is 1. The molecule has 8 nitrogen and oxygen atoms in total. The lowest BCUT2D eigenvalue weighted by Crippen LogP contribution is -2.62. The van der Waals surface area contributed by atoms with Crippen LogP contribution in [0, 0.1) is 18.8 Å². The summed E-state index contributed by atoms with van der Waals surface area (Å²) < 4.78 is 28.6. The standard InChI is InChI=1S/C29H40N4O4S/c1-18(2)17-32-20(4)21-10-13-24-22(16-21)6-5-7-25(24)26(28(30)34)27-29(35)31-14-15-33(27)38(36,37)23-11-8-19(3)9-12-23/h8-13,16,18,20,25-27,32H,5-7,14-15,17H2,1-4H3,(H2,30,34)(H,31,35)/t20-,25+,26?,27-/m1/s1. The van der Waals surface area contributed by atoms with Crippen LogP contribution in [0.4, 0.5) is 0 Å². The fourth-order valence-electron chi connectivity index (χ4n) is 5.74. The van der Waals surface area contributed by atoms with Crippen molar-refractivity contribution in [1.29, 1.82) is 0 Å². The zero-order chi connectivity index (χ0) is 27.6. The highest BCUT2D eigenvalue weighted by Gasteiger charge is 2.49. The molecule has 1 aliphatic heterocycles. The minimum Gasteiger partial charge on any atom is -0.369 e. The first-order valence-electron chi connectivity index (χ1n) is 13.5. The number of hydrogen-bond donors (Lipinski definition) is 3. The molecule has 2 aliphatic rings. The number of nitrogens with zero attached hydrogens (tertiary/aromatic N) is 1. The molecule has 1 saturated heterocycles. The summed E-state index contributed by atoms with van der Waals surface area (Å²) in [5, 5.41) is 6.34. The topological polar surface area (TPSA) is 122 Å². The Morgan fingerprint density at radius 2 is 1.87 bits per heavy atom. The number of rotatable bonds is 9. The van der Waals surface area contributed by atoms with Gasteiger partial charge in [0.25, 0.3) is 0 Å². The summed E-state index contributed by atoms with van der Waals surface area (Å²) in [5.41, 5.74) is 10.2. The Balaban J connectivity index is 1.70. The lowest BCUT2D eigenvalue weighted by Gasteiger charge is -2.41. The average molecular weight is 541 g/mol. The molecule has 0 radical (unpaired) electrons. The molecule has 0 aromatic heterocycles. The molecular weight excluding hydrogens is 500 g/mol. The van der Waals surface area contributed by atoms with Crippen molar-refractivity contribution in [2.24, 2.45) is 17.6 Å². The van der Waals surface area contributed by atoms with Gasteiger partial charge in [-0.05, 0) is 80.3 Å². The number of nitrogens with two attached hydrogens (primary N) is 1. The molecule has 1 unspecified atom stereocenters. The second-order valence-electron chi connectivity index (χ2n) is 11.1. The Morgan fingerprint density at radius 3 is 2.53 bits per heavy atom. The first kappa shape index (κ1) is 28.3. The highest BCUT2D eigenvalue weighted by Crippen LogP contribution is 2.41. The van der Waals surface area contributed by atoms with Crippen molar-refractivity contribution >= 4 is 21.8 Å². The van der Waals surface area contributed by atoms with E-state index in [0.717, 1.165) is 36.1 Å². The first-order chi connectivity index (χ1) is 18.0. The van der Waals surface area contributed by atoms with Crippen LogP contribution in [0.2, 0.25) is 0 Å². The average Bonchev–Trinajstić information content (AvgIpc) is 2.88. The molecule has 2 aromatic rings. The summed E-state index contributed by atoms with van der Waals surface area (Å²) >= 11 is 0. The number of amides is 2. The Hall–Kier alpha value is -2.75. The van der Waals surface area contributed by atoms with Crippen LogP contribution < -0.4 is 16.4 Å². The van der Waals surface area contributed by atoms with E-state index in [-0.39, 0.29) is 29.9 Å². The largest absolute Gasteiger partial charge is 0.369 e. The van der Waals surface area contributed by atoms with Gasteiger partial charge in [-0.2, -0.15) is 4.31 Å². The Bertz CT molecular complexity index is 1280. The summed E-state index contributed by atoms with van der Waals surface area (Å²) in [6.45, 7) is 9.52. The molecule has 1 fully saturated rings. The van der Waals surface area contributed by atoms with Gasteiger partial charge in [0.05, 0.1) is 10.8 Å². The minimum atomic E-state index is -4.03. The third-order valence-electron chi connectivity index (χ3n) is 7.80. The van der Waals surface area contributed by atoms with E-state index in [9.17, 15) is 18.0 Å². The molecule has 9 heteroatoms. The number of hydrogen-bond acceptors (Lipinski definition) is 5. The Morgan fingerprint density at radius 1 is 1.16 bits per heavy atom. The maximum Gasteiger partial charge on any atom is 0.243 e. The zero-order valence-electron chi connectivity index (χ0n) is 22.7. The fourth-order valence-corrected chi connectivity index (χ4v) is 7.35. The second-order valence-corrected chi connectivity index (χ2v) is 13.0. The van der Waals surface area contributed by atoms with E-state index in [2.05, 4.69) is 43.5 Å². The predicted octanol–water partition coefficient (Wildman–Crippen LogP) is 3.01. The van der Waals surface area contributed by atoms with Gasteiger partial charge in [-0.3, -0.25) is 9.59 Å². The summed E-state index contributed by atoms with van der Waals surface area (Å²) in [4.78, 5) is 26.4. The lowest BCUT2D eigenvalue weighted by molar-refractivity contribution is -0.135. The van der Waals surface area contributed by atoms with Crippen LogP contribution in [0.25, 0.3) is 0 Å². The number of benzene rings is 2. The second kappa shape index (κ2) is 11.6. The van der Waals surface area contributed by atoms with Gasteiger partial charge in [-0.25, -0.2) is 8.42 Å². The summed E-state index contributed by atoms with van der Waals surface area (Å²) in [6, 6.07) is 11.8. The van der Waals surface area contributed by atoms with Gasteiger partial charge in [-0.1, -0.05) is 49.7 Å². The molecule has 206 valence electrons. The van der Waals surface area contributed by atoms with Crippen molar-refractivity contribution in [2.45, 2.75) is 69.9 Å². The Labute approximate surface area is 226 Å². The fraction of sp³-hybridized carbons (Fsp3) is 0.517. The van der Waals surface area contributed by atoms with Gasteiger partial charge in [0.15, 0.2) is 0 Å². The number of carbonyl (C=O) groups excluding carboxylic acids is 2. The van der Waals surface area contributed by atoms with Crippen LogP contribution in [-0.2, 0) is 26.0 Å². The number of primary amides is 1. The van der Waals surface area contributed by atoms with Crippen molar-refractivity contribution in [3.05, 3.63) is 64.7 Å². The van der Waals surface area contributed by atoms with E-state index in [1.165, 1.54) is 9.87 Å². The van der Waals surface area contributed by atoms with E-state index >= 15 is 0 Å². The Kier molecular flexibility index (Phi) is 8.59. The molecule has 2 amide bonds. The minimum absolute atomic E-state index is 0.0773. The van der Waals surface area contributed by atoms with Crippen molar-refractivity contribution in [2.75, 3.05) is 19.6 Å². The van der Waals surface area contributed by atoms with Crippen LogP contribution in [0.1, 0.15) is 67.8 Å². The molecule has 1 heterocycles. The first-order valence-corrected chi connectivity index (χ1v) is 15.0. The van der Waals surface area contributed by atoms with E-state index in [0.29, 0.717) is 12.3 Å². The van der Waals surface area contributed by atoms with Crippen LogP contribution in [-0.4, -0.2) is 50.2 Å². The monoisotopic (exact) mass is 540 g/mol. The smallest absolute Gasteiger partial charge is 0.243 e. The number of aryl methyl sites for hydroxylation is 2. The molecule has 38 heavy (non-hydrogen) atoms. The summed E-state index contributed by atoms with van der Waals surface area (Å²) in [5.74, 6) is -1.95. The van der Waals surface area contributed by atoms with E-state index in [4.69, 9.17) is 5.73 Å². The third kappa shape index (κ3) is 5.80. The molecule has 4 atom stereocenters. The van der Waals surface area contributed by atoms with Crippen molar-refractivity contribution in [3.8, 4) is 0 Å². The van der Waals surface area contributed by atoms with Crippen LogP contribution >= 0.6 is 0 Å². The van der Waals surface area contributed by atoms with Gasteiger partial charge in [0.1, 0.15) is 6.04 Å². The number of sulfonamides is 1. The van der Waals surface area contributed by atoms with Crippen LogP contribution in [0.15, 0.2) is 47.4 Å². The molecule has 4 rings (SSSR count). The maximum atomic E-state index is 13.7. The molecule has 0 spiro atoms. The van der Waals surface area contributed by atoms with Crippen molar-refractivity contribution in [1.82, 2.24) is 14.9 Å². The number of piperazine rings is 1. The van der Waals surface area contributed by atoms with Gasteiger partial charge in [0, 0.05) is 19.1 Å². The van der Waals surface area contributed by atoms with E-state index in [1.54, 1.807) is 24.3 Å². The van der Waals surface area contributed by atoms with Gasteiger partial charge >= 0.3 is 0 Å². The molecule has 1 aliphatic carbocycles. The van der Waals surface area contributed by atoms with Gasteiger partial charge in [0.2, 0.25) is 21.8 Å². The normalized spacial score (nSPS) is 22.0. The molecule has 0 bridgehead atoms. The summed E-state index contributed by atoms with van der Waals surface area (Å²) in [6.07, 6.45) is 2.35. The van der Waals surface area contributed by atoms with Crippen molar-refractivity contribution in [3.63, 3.8) is 0 Å². The van der Waals surface area contributed by atoms with Gasteiger partial charge in [-0.15, -0.1) is 0 Å². The zero-order valence-corrected chi connectivity index (χ0v) is 23.6. The quantitative estimate of drug-likeness (QED) is 0.451. The molecule has 0 saturated carbocycles. The SMILES string of the molecule is Cc1ccc(S(=O)(=O)N2CCNC(=O)[C@H]2C(C(N)=O)[C@H]2CCCc3cc([C@@H](C)NCC(C)C)ccc32)cc1. The maximum absolute atomic E-state index is 13.7. The van der Waals surface area contributed by atoms with Crippen LogP contribution in [0.5, 0.6) is 0 Å². The van der Waals surface area contributed by atoms with Crippen molar-refractivity contribution < 1.29 is 18.0 Å².